The van der Waals surface area contributed by atoms with Crippen molar-refractivity contribution in [1.29, 1.82) is 0 Å². The van der Waals surface area contributed by atoms with Crippen LogP contribution in [0.4, 0.5) is 0 Å². The van der Waals surface area contributed by atoms with E-state index in [1.807, 2.05) is 31.2 Å². The van der Waals surface area contributed by atoms with Crippen LogP contribution in [0.2, 0.25) is 0 Å². The van der Waals surface area contributed by atoms with Crippen molar-refractivity contribution in [2.24, 2.45) is 5.73 Å². The first kappa shape index (κ1) is 13.6. The van der Waals surface area contributed by atoms with Crippen LogP contribution in [0.3, 0.4) is 0 Å². The van der Waals surface area contributed by atoms with Gasteiger partial charge in [0.25, 0.3) is 0 Å². The predicted molar refractivity (Wildman–Crippen MR) is 80.2 cm³/mol. The number of fused-ring (bicyclic) bond motifs is 1. The Balaban J connectivity index is 1.99. The highest BCUT2D eigenvalue weighted by Gasteiger charge is 2.12. The van der Waals surface area contributed by atoms with E-state index < -0.39 is 0 Å². The van der Waals surface area contributed by atoms with Crippen LogP contribution in [0.5, 0.6) is 5.75 Å². The molecule has 5 nitrogen and oxygen atoms in total. The van der Waals surface area contributed by atoms with Gasteiger partial charge in [-0.2, -0.15) is 4.98 Å². The molecule has 1 aromatic heterocycles. The molecule has 3 rings (SSSR count). The van der Waals surface area contributed by atoms with E-state index >= 15 is 0 Å². The van der Waals surface area contributed by atoms with Crippen LogP contribution in [0.1, 0.15) is 30.2 Å². The zero-order chi connectivity index (χ0) is 14.8. The van der Waals surface area contributed by atoms with Gasteiger partial charge in [0.1, 0.15) is 5.75 Å². The van der Waals surface area contributed by atoms with E-state index in [1.165, 1.54) is 0 Å². The van der Waals surface area contributed by atoms with Gasteiger partial charge >= 0.3 is 0 Å². The van der Waals surface area contributed by atoms with Crippen molar-refractivity contribution < 1.29 is 9.26 Å². The summed E-state index contributed by atoms with van der Waals surface area (Å²) in [6.07, 6.45) is 0.598. The number of hydrogen-bond acceptors (Lipinski definition) is 5. The van der Waals surface area contributed by atoms with E-state index in [2.05, 4.69) is 22.3 Å². The highest BCUT2D eigenvalue weighted by atomic mass is 16.5. The fraction of sp³-hybridized carbons (Fsp3) is 0.250. The maximum Gasteiger partial charge on any atom is 0.243 e. The quantitative estimate of drug-likeness (QED) is 0.797. The molecule has 0 radical (unpaired) electrons. The van der Waals surface area contributed by atoms with Gasteiger partial charge in [-0.3, -0.25) is 0 Å². The summed E-state index contributed by atoms with van der Waals surface area (Å²) in [5, 5.41) is 6.27. The fourth-order valence-corrected chi connectivity index (χ4v) is 2.29. The fourth-order valence-electron chi connectivity index (χ4n) is 2.29. The molecule has 0 amide bonds. The van der Waals surface area contributed by atoms with Gasteiger partial charge in [0, 0.05) is 6.42 Å². The Morgan fingerprint density at radius 1 is 1.29 bits per heavy atom. The molecule has 5 heteroatoms. The molecular weight excluding hydrogens is 266 g/mol. The third-order valence-corrected chi connectivity index (χ3v) is 3.40. The maximum atomic E-state index is 5.74. The molecule has 0 aliphatic heterocycles. The lowest BCUT2D eigenvalue weighted by Crippen LogP contribution is -2.05. The largest absolute Gasteiger partial charge is 0.497 e. The van der Waals surface area contributed by atoms with E-state index in [0.717, 1.165) is 22.1 Å². The smallest absolute Gasteiger partial charge is 0.243 e. The second kappa shape index (κ2) is 5.54. The normalized spacial score (nSPS) is 12.5. The van der Waals surface area contributed by atoms with E-state index in [4.69, 9.17) is 15.0 Å². The van der Waals surface area contributed by atoms with Crippen molar-refractivity contribution >= 4 is 10.8 Å². The van der Waals surface area contributed by atoms with Crippen molar-refractivity contribution in [3.63, 3.8) is 0 Å². The summed E-state index contributed by atoms with van der Waals surface area (Å²) in [6.45, 7) is 1.82. The Morgan fingerprint density at radius 3 is 2.86 bits per heavy atom. The highest BCUT2D eigenvalue weighted by Crippen LogP contribution is 2.25. The lowest BCUT2D eigenvalue weighted by atomic mass is 10.0. The summed E-state index contributed by atoms with van der Waals surface area (Å²) in [5.41, 5.74) is 6.86. The minimum absolute atomic E-state index is 0.251. The SMILES string of the molecule is COc1ccc2cccc(Cc3noc([C@@H](C)N)n3)c2c1. The van der Waals surface area contributed by atoms with Gasteiger partial charge < -0.3 is 15.0 Å². The number of methoxy groups -OCH3 is 1. The third-order valence-electron chi connectivity index (χ3n) is 3.40. The molecule has 0 unspecified atom stereocenters. The van der Waals surface area contributed by atoms with Gasteiger partial charge in [-0.1, -0.05) is 29.4 Å². The molecule has 0 fully saturated rings. The van der Waals surface area contributed by atoms with Gasteiger partial charge in [-0.05, 0) is 35.4 Å². The molecule has 0 bridgehead atoms. The lowest BCUT2D eigenvalue weighted by Gasteiger charge is -2.06. The molecule has 0 saturated heterocycles. The summed E-state index contributed by atoms with van der Waals surface area (Å²) in [4.78, 5) is 4.32. The zero-order valence-corrected chi connectivity index (χ0v) is 12.0. The van der Waals surface area contributed by atoms with Crippen LogP contribution >= 0.6 is 0 Å². The highest BCUT2D eigenvalue weighted by molar-refractivity contribution is 5.87. The average Bonchev–Trinajstić information content (AvgIpc) is 2.96. The monoisotopic (exact) mass is 283 g/mol. The Kier molecular flexibility index (Phi) is 3.58. The van der Waals surface area contributed by atoms with E-state index in [-0.39, 0.29) is 6.04 Å². The first-order valence-corrected chi connectivity index (χ1v) is 6.81. The second-order valence-electron chi connectivity index (χ2n) is 5.02. The number of hydrogen-bond donors (Lipinski definition) is 1. The zero-order valence-electron chi connectivity index (χ0n) is 12.0. The van der Waals surface area contributed by atoms with Crippen molar-refractivity contribution in [3.8, 4) is 5.75 Å². The summed E-state index contributed by atoms with van der Waals surface area (Å²) in [6, 6.07) is 11.9. The molecule has 3 aromatic rings. The third kappa shape index (κ3) is 2.73. The summed E-state index contributed by atoms with van der Waals surface area (Å²) < 4.78 is 10.4. The number of benzene rings is 2. The van der Waals surface area contributed by atoms with Gasteiger partial charge in [0.15, 0.2) is 5.82 Å². The molecular formula is C16H17N3O2. The van der Waals surface area contributed by atoms with Crippen LogP contribution in [-0.2, 0) is 6.42 Å². The molecule has 21 heavy (non-hydrogen) atoms. The minimum atomic E-state index is -0.251. The van der Waals surface area contributed by atoms with Crippen LogP contribution in [-0.4, -0.2) is 17.3 Å². The molecule has 1 atom stereocenters. The van der Waals surface area contributed by atoms with E-state index in [9.17, 15) is 0 Å². The van der Waals surface area contributed by atoms with Crippen molar-refractivity contribution in [1.82, 2.24) is 10.1 Å². The van der Waals surface area contributed by atoms with Gasteiger partial charge in [-0.15, -0.1) is 0 Å². The molecule has 2 N–H and O–H groups in total. The summed E-state index contributed by atoms with van der Waals surface area (Å²) in [7, 11) is 1.66. The average molecular weight is 283 g/mol. The number of nitrogens with zero attached hydrogens (tertiary/aromatic N) is 2. The van der Waals surface area contributed by atoms with Crippen molar-refractivity contribution in [2.75, 3.05) is 7.11 Å². The van der Waals surface area contributed by atoms with Crippen LogP contribution < -0.4 is 10.5 Å². The van der Waals surface area contributed by atoms with Crippen LogP contribution in [0.15, 0.2) is 40.9 Å². The number of rotatable bonds is 4. The number of aromatic nitrogens is 2. The first-order chi connectivity index (χ1) is 10.2. The molecule has 0 aliphatic rings. The molecule has 0 saturated carbocycles. The summed E-state index contributed by atoms with van der Waals surface area (Å²) >= 11 is 0. The lowest BCUT2D eigenvalue weighted by molar-refractivity contribution is 0.358. The first-order valence-electron chi connectivity index (χ1n) is 6.81. The van der Waals surface area contributed by atoms with Crippen LogP contribution in [0, 0.1) is 0 Å². The molecule has 108 valence electrons. The molecule has 0 aliphatic carbocycles. The van der Waals surface area contributed by atoms with Crippen molar-refractivity contribution in [2.45, 2.75) is 19.4 Å². The topological polar surface area (TPSA) is 74.2 Å². The second-order valence-corrected chi connectivity index (χ2v) is 5.02. The predicted octanol–water partition coefficient (Wildman–Crippen LogP) is 2.84. The number of nitrogens with two attached hydrogens (primary N) is 1. The minimum Gasteiger partial charge on any atom is -0.497 e. The van der Waals surface area contributed by atoms with E-state index in [0.29, 0.717) is 18.1 Å². The molecule has 2 aromatic carbocycles. The number of ether oxygens (including phenoxy) is 1. The van der Waals surface area contributed by atoms with Crippen LogP contribution in [0.25, 0.3) is 10.8 Å². The Bertz CT molecular complexity index is 765. The van der Waals surface area contributed by atoms with Gasteiger partial charge in [-0.25, -0.2) is 0 Å². The summed E-state index contributed by atoms with van der Waals surface area (Å²) in [5.74, 6) is 1.93. The molecule has 1 heterocycles. The molecule has 0 spiro atoms. The Labute approximate surface area is 122 Å². The Hall–Kier alpha value is -2.40. The maximum absolute atomic E-state index is 5.74. The Morgan fingerprint density at radius 2 is 2.14 bits per heavy atom. The van der Waals surface area contributed by atoms with E-state index in [1.54, 1.807) is 7.11 Å². The standard InChI is InChI=1S/C16H17N3O2/c1-10(17)16-18-15(19-21-16)8-12-5-3-4-11-6-7-13(20-2)9-14(11)12/h3-7,9-10H,8,17H2,1-2H3/t10-/m1/s1. The van der Waals surface area contributed by atoms with Crippen molar-refractivity contribution in [3.05, 3.63) is 53.7 Å². The van der Waals surface area contributed by atoms with Gasteiger partial charge in [0.05, 0.1) is 13.2 Å². The van der Waals surface area contributed by atoms with Gasteiger partial charge in [0.2, 0.25) is 5.89 Å².